The van der Waals surface area contributed by atoms with Crippen molar-refractivity contribution in [1.29, 1.82) is 0 Å². The van der Waals surface area contributed by atoms with Crippen LogP contribution in [-0.4, -0.2) is 29.0 Å². The number of hydrogen-bond donors (Lipinski definition) is 2. The van der Waals surface area contributed by atoms with E-state index in [2.05, 4.69) is 10.3 Å². The van der Waals surface area contributed by atoms with E-state index in [-0.39, 0.29) is 6.54 Å². The fourth-order valence-corrected chi connectivity index (χ4v) is 1.93. The van der Waals surface area contributed by atoms with Crippen LogP contribution < -0.4 is 10.6 Å². The van der Waals surface area contributed by atoms with Crippen LogP contribution in [0.4, 0.5) is 13.2 Å². The summed E-state index contributed by atoms with van der Waals surface area (Å²) in [7, 11) is 0. The number of amides is 2. The lowest BCUT2D eigenvalue weighted by Gasteiger charge is -2.22. The Morgan fingerprint density at radius 2 is 2.05 bits per heavy atom. The molecule has 20 heavy (non-hydrogen) atoms. The first kappa shape index (κ1) is 16.4. The minimum absolute atomic E-state index is 0.113. The van der Waals surface area contributed by atoms with Crippen molar-refractivity contribution in [3.05, 3.63) is 16.6 Å². The number of carbonyl (C=O) groups excluding carboxylic acids is 2. The molecule has 0 unspecified atom stereocenters. The summed E-state index contributed by atoms with van der Waals surface area (Å²) < 4.78 is 36.6. The lowest BCUT2D eigenvalue weighted by molar-refractivity contribution is -0.175. The maximum absolute atomic E-state index is 12.2. The average molecular weight is 309 g/mol. The molecule has 0 saturated carbocycles. The summed E-state index contributed by atoms with van der Waals surface area (Å²) in [5.74, 6) is -3.27. The quantitative estimate of drug-likeness (QED) is 0.865. The average Bonchev–Trinajstić information content (AvgIpc) is 2.84. The summed E-state index contributed by atoms with van der Waals surface area (Å²) >= 11 is 1.31. The van der Waals surface area contributed by atoms with Gasteiger partial charge in [0.1, 0.15) is 11.0 Å². The van der Waals surface area contributed by atoms with Crippen LogP contribution in [0, 0.1) is 5.92 Å². The van der Waals surface area contributed by atoms with Gasteiger partial charge in [-0.05, 0) is 5.92 Å². The molecule has 0 radical (unpaired) electrons. The van der Waals surface area contributed by atoms with Gasteiger partial charge >= 0.3 is 12.1 Å². The number of alkyl halides is 3. The summed E-state index contributed by atoms with van der Waals surface area (Å²) in [5.41, 5.74) is 0. The van der Waals surface area contributed by atoms with Crippen LogP contribution in [0.5, 0.6) is 0 Å². The first-order chi connectivity index (χ1) is 9.21. The molecule has 0 aliphatic heterocycles. The minimum atomic E-state index is -5.01. The second kappa shape index (κ2) is 6.69. The van der Waals surface area contributed by atoms with Gasteiger partial charge in [0.2, 0.25) is 5.91 Å². The number of thiazole rings is 1. The van der Waals surface area contributed by atoms with Gasteiger partial charge in [-0.3, -0.25) is 9.59 Å². The molecule has 0 aliphatic carbocycles. The van der Waals surface area contributed by atoms with Crippen molar-refractivity contribution in [2.24, 2.45) is 5.92 Å². The second-order valence-corrected chi connectivity index (χ2v) is 5.32. The van der Waals surface area contributed by atoms with Gasteiger partial charge in [0.25, 0.3) is 0 Å². The van der Waals surface area contributed by atoms with Crippen molar-refractivity contribution in [3.63, 3.8) is 0 Å². The standard InChI is InChI=1S/C11H14F3N3O2S/c1-6(2)8(17-10(19)11(12,13)14)9(18)16-5-7-15-3-4-20-7/h3-4,6,8H,5H2,1-2H3,(H,16,18)(H,17,19)/t8-/m1/s1. The normalized spacial score (nSPS) is 13.1. The van der Waals surface area contributed by atoms with Crippen molar-refractivity contribution in [2.75, 3.05) is 0 Å². The zero-order valence-electron chi connectivity index (χ0n) is 10.8. The van der Waals surface area contributed by atoms with E-state index in [0.717, 1.165) is 0 Å². The zero-order chi connectivity index (χ0) is 15.3. The maximum atomic E-state index is 12.2. The van der Waals surface area contributed by atoms with Gasteiger partial charge in [-0.25, -0.2) is 4.98 Å². The zero-order valence-corrected chi connectivity index (χ0v) is 11.6. The van der Waals surface area contributed by atoms with Crippen molar-refractivity contribution >= 4 is 23.2 Å². The number of aromatic nitrogens is 1. The molecule has 0 spiro atoms. The van der Waals surface area contributed by atoms with Gasteiger partial charge in [0.15, 0.2) is 0 Å². The molecular weight excluding hydrogens is 295 g/mol. The highest BCUT2D eigenvalue weighted by atomic mass is 32.1. The summed E-state index contributed by atoms with van der Waals surface area (Å²) in [5, 5.41) is 6.49. The summed E-state index contributed by atoms with van der Waals surface area (Å²) in [6, 6.07) is -1.25. The molecule has 9 heteroatoms. The minimum Gasteiger partial charge on any atom is -0.348 e. The van der Waals surface area contributed by atoms with Crippen molar-refractivity contribution in [1.82, 2.24) is 15.6 Å². The van der Waals surface area contributed by atoms with Gasteiger partial charge in [-0.1, -0.05) is 13.8 Å². The second-order valence-electron chi connectivity index (χ2n) is 4.34. The molecule has 0 aromatic carbocycles. The molecule has 1 rings (SSSR count). The number of hydrogen-bond acceptors (Lipinski definition) is 4. The SMILES string of the molecule is CC(C)[C@@H](NC(=O)C(F)(F)F)C(=O)NCc1nccs1. The molecule has 112 valence electrons. The molecule has 1 atom stereocenters. The van der Waals surface area contributed by atoms with Crippen LogP contribution in [0.2, 0.25) is 0 Å². The fraction of sp³-hybridized carbons (Fsp3) is 0.545. The van der Waals surface area contributed by atoms with Gasteiger partial charge in [-0.2, -0.15) is 13.2 Å². The third-order valence-electron chi connectivity index (χ3n) is 2.39. The number of halogens is 3. The van der Waals surface area contributed by atoms with E-state index in [1.54, 1.807) is 30.7 Å². The molecular formula is C11H14F3N3O2S. The third kappa shape index (κ3) is 4.80. The van der Waals surface area contributed by atoms with E-state index < -0.39 is 30.0 Å². The molecule has 1 aromatic rings. The van der Waals surface area contributed by atoms with Crippen LogP contribution >= 0.6 is 11.3 Å². The van der Waals surface area contributed by atoms with Gasteiger partial charge in [0, 0.05) is 11.6 Å². The van der Waals surface area contributed by atoms with Gasteiger partial charge < -0.3 is 10.6 Å². The Bertz CT molecular complexity index is 460. The predicted molar refractivity (Wildman–Crippen MR) is 66.8 cm³/mol. The van der Waals surface area contributed by atoms with E-state index in [1.165, 1.54) is 11.3 Å². The first-order valence-corrected chi connectivity index (χ1v) is 6.63. The van der Waals surface area contributed by atoms with E-state index in [1.807, 2.05) is 0 Å². The Kier molecular flexibility index (Phi) is 5.49. The highest BCUT2D eigenvalue weighted by Crippen LogP contribution is 2.15. The highest BCUT2D eigenvalue weighted by Gasteiger charge is 2.41. The lowest BCUT2D eigenvalue weighted by atomic mass is 10.0. The molecule has 1 heterocycles. The van der Waals surface area contributed by atoms with Crippen LogP contribution in [0.15, 0.2) is 11.6 Å². The van der Waals surface area contributed by atoms with Crippen LogP contribution in [-0.2, 0) is 16.1 Å². The maximum Gasteiger partial charge on any atom is 0.471 e. The van der Waals surface area contributed by atoms with E-state index in [4.69, 9.17) is 0 Å². The topological polar surface area (TPSA) is 71.1 Å². The number of nitrogens with zero attached hydrogens (tertiary/aromatic N) is 1. The number of carbonyl (C=O) groups is 2. The van der Waals surface area contributed by atoms with Gasteiger partial charge in [-0.15, -0.1) is 11.3 Å². The van der Waals surface area contributed by atoms with Crippen molar-refractivity contribution in [2.45, 2.75) is 32.6 Å². The van der Waals surface area contributed by atoms with Crippen molar-refractivity contribution in [3.8, 4) is 0 Å². The Labute approximate surface area is 117 Å². The molecule has 2 N–H and O–H groups in total. The lowest BCUT2D eigenvalue weighted by Crippen LogP contribution is -2.52. The smallest absolute Gasteiger partial charge is 0.348 e. The number of rotatable bonds is 5. The largest absolute Gasteiger partial charge is 0.471 e. The third-order valence-corrected chi connectivity index (χ3v) is 3.17. The van der Waals surface area contributed by atoms with Crippen LogP contribution in [0.25, 0.3) is 0 Å². The fourth-order valence-electron chi connectivity index (χ4n) is 1.37. The highest BCUT2D eigenvalue weighted by molar-refractivity contribution is 7.09. The molecule has 0 bridgehead atoms. The number of nitrogens with one attached hydrogen (secondary N) is 2. The van der Waals surface area contributed by atoms with Crippen LogP contribution in [0.3, 0.4) is 0 Å². The summed E-state index contributed by atoms with van der Waals surface area (Å²) in [6.45, 7) is 3.20. The van der Waals surface area contributed by atoms with Gasteiger partial charge in [0.05, 0.1) is 6.54 Å². The molecule has 2 amide bonds. The Hall–Kier alpha value is -1.64. The molecule has 1 aromatic heterocycles. The Balaban J connectivity index is 2.61. The van der Waals surface area contributed by atoms with Crippen LogP contribution in [0.1, 0.15) is 18.9 Å². The van der Waals surface area contributed by atoms with E-state index in [0.29, 0.717) is 5.01 Å². The molecule has 0 saturated heterocycles. The Morgan fingerprint density at radius 3 is 2.50 bits per heavy atom. The molecule has 5 nitrogen and oxygen atoms in total. The van der Waals surface area contributed by atoms with Crippen molar-refractivity contribution < 1.29 is 22.8 Å². The summed E-state index contributed by atoms with van der Waals surface area (Å²) in [4.78, 5) is 26.6. The molecule has 0 aliphatic rings. The van der Waals surface area contributed by atoms with E-state index >= 15 is 0 Å². The molecule has 0 fully saturated rings. The first-order valence-electron chi connectivity index (χ1n) is 5.75. The van der Waals surface area contributed by atoms with E-state index in [9.17, 15) is 22.8 Å². The monoisotopic (exact) mass is 309 g/mol. The summed E-state index contributed by atoms with van der Waals surface area (Å²) in [6.07, 6.45) is -3.46. The Morgan fingerprint density at radius 1 is 1.40 bits per heavy atom. The predicted octanol–water partition coefficient (Wildman–Crippen LogP) is 1.46.